The van der Waals surface area contributed by atoms with Crippen LogP contribution in [0.5, 0.6) is 0 Å². The second-order valence-electron chi connectivity index (χ2n) is 5.87. The first-order valence-corrected chi connectivity index (χ1v) is 8.91. The van der Waals surface area contributed by atoms with Gasteiger partial charge in [0.05, 0.1) is 5.56 Å². The van der Waals surface area contributed by atoms with Crippen LogP contribution in [-0.2, 0) is 6.42 Å². The minimum atomic E-state index is -0.357. The van der Waals surface area contributed by atoms with Crippen molar-refractivity contribution < 1.29 is 9.32 Å². The van der Waals surface area contributed by atoms with Crippen molar-refractivity contribution in [2.45, 2.75) is 13.3 Å². The molecule has 1 aromatic carbocycles. The first-order chi connectivity index (χ1) is 13.6. The third-order valence-electron chi connectivity index (χ3n) is 3.94. The van der Waals surface area contributed by atoms with E-state index in [1.165, 1.54) is 6.33 Å². The van der Waals surface area contributed by atoms with Crippen molar-refractivity contribution in [1.82, 2.24) is 24.7 Å². The summed E-state index contributed by atoms with van der Waals surface area (Å²) in [6, 6.07) is 10.5. The van der Waals surface area contributed by atoms with Crippen LogP contribution in [0.25, 0.3) is 17.3 Å². The van der Waals surface area contributed by atoms with Crippen LogP contribution in [0, 0.1) is 0 Å². The van der Waals surface area contributed by atoms with Crippen LogP contribution in [0.3, 0.4) is 0 Å². The Labute approximate surface area is 165 Å². The fourth-order valence-corrected chi connectivity index (χ4v) is 2.78. The Morgan fingerprint density at radius 1 is 1.25 bits per heavy atom. The van der Waals surface area contributed by atoms with Gasteiger partial charge in [-0.05, 0) is 30.3 Å². The molecule has 140 valence electrons. The molecule has 0 aliphatic rings. The normalized spacial score (nSPS) is 10.8. The molecule has 3 aromatic heterocycles. The maximum atomic E-state index is 12.5. The fraction of sp³-hybridized carbons (Fsp3) is 0.105. The highest BCUT2D eigenvalue weighted by Crippen LogP contribution is 2.24. The van der Waals surface area contributed by atoms with Crippen LogP contribution in [-0.4, -0.2) is 30.6 Å². The van der Waals surface area contributed by atoms with Crippen LogP contribution in [0.15, 0.2) is 59.6 Å². The average molecular weight is 395 g/mol. The lowest BCUT2D eigenvalue weighted by Gasteiger charge is -2.05. The van der Waals surface area contributed by atoms with Crippen molar-refractivity contribution in [3.8, 4) is 17.3 Å². The number of halogens is 1. The smallest absolute Gasteiger partial charge is 0.275 e. The van der Waals surface area contributed by atoms with Gasteiger partial charge in [0, 0.05) is 29.5 Å². The predicted octanol–water partition coefficient (Wildman–Crippen LogP) is 3.79. The maximum absolute atomic E-state index is 12.5. The van der Waals surface area contributed by atoms with Gasteiger partial charge in [0.15, 0.2) is 11.6 Å². The van der Waals surface area contributed by atoms with E-state index in [1.54, 1.807) is 47.3 Å². The molecule has 0 aliphatic heterocycles. The van der Waals surface area contributed by atoms with Crippen molar-refractivity contribution in [2.24, 2.45) is 0 Å². The molecule has 0 fully saturated rings. The maximum Gasteiger partial charge on any atom is 0.275 e. The topological polar surface area (TPSA) is 98.7 Å². The molecule has 0 bridgehead atoms. The van der Waals surface area contributed by atoms with Crippen molar-refractivity contribution in [2.75, 3.05) is 5.32 Å². The van der Waals surface area contributed by atoms with E-state index < -0.39 is 0 Å². The molecule has 8 nitrogen and oxygen atoms in total. The highest BCUT2D eigenvalue weighted by atomic mass is 35.5. The summed E-state index contributed by atoms with van der Waals surface area (Å²) in [7, 11) is 0. The molecule has 0 atom stereocenters. The Hall–Kier alpha value is -3.52. The second kappa shape index (κ2) is 7.61. The van der Waals surface area contributed by atoms with E-state index >= 15 is 0 Å². The number of carbonyl (C=O) groups is 1. The summed E-state index contributed by atoms with van der Waals surface area (Å²) in [6.07, 6.45) is 5.40. The zero-order valence-corrected chi connectivity index (χ0v) is 15.6. The summed E-state index contributed by atoms with van der Waals surface area (Å²) >= 11 is 5.95. The molecule has 0 saturated heterocycles. The number of aryl methyl sites for hydroxylation is 1. The van der Waals surface area contributed by atoms with Gasteiger partial charge in [-0.2, -0.15) is 4.98 Å². The van der Waals surface area contributed by atoms with Crippen molar-refractivity contribution in [3.63, 3.8) is 0 Å². The Morgan fingerprint density at radius 3 is 2.93 bits per heavy atom. The molecule has 0 aliphatic carbocycles. The number of carbonyl (C=O) groups excluding carboxylic acids is 1. The lowest BCUT2D eigenvalue weighted by atomic mass is 10.2. The first kappa shape index (κ1) is 17.9. The molecule has 4 aromatic rings. The summed E-state index contributed by atoms with van der Waals surface area (Å²) in [6.45, 7) is 1.94. The van der Waals surface area contributed by atoms with Crippen molar-refractivity contribution >= 4 is 23.2 Å². The quantitative estimate of drug-likeness (QED) is 0.553. The number of nitrogens with zero attached hydrogens (tertiary/aromatic N) is 5. The van der Waals surface area contributed by atoms with Crippen LogP contribution < -0.4 is 5.32 Å². The number of nitrogens with one attached hydrogen (secondary N) is 1. The minimum absolute atomic E-state index is 0.233. The van der Waals surface area contributed by atoms with E-state index in [0.717, 1.165) is 0 Å². The van der Waals surface area contributed by atoms with Crippen molar-refractivity contribution in [3.05, 3.63) is 71.7 Å². The Morgan fingerprint density at radius 2 is 2.14 bits per heavy atom. The minimum Gasteiger partial charge on any atom is -0.334 e. The summed E-state index contributed by atoms with van der Waals surface area (Å²) in [5.74, 6) is 1.14. The summed E-state index contributed by atoms with van der Waals surface area (Å²) < 4.78 is 6.96. The highest BCUT2D eigenvalue weighted by Gasteiger charge is 2.17. The summed E-state index contributed by atoms with van der Waals surface area (Å²) in [5.41, 5.74) is 1.47. The number of amides is 1. The van der Waals surface area contributed by atoms with Crippen LogP contribution in [0.4, 0.5) is 5.69 Å². The standard InChI is InChI=1S/C19H15ClN6O2/c1-2-16-24-19(28-25-16)14-7-4-8-21-17(14)26-10-15(22-11-26)18(27)23-13-6-3-5-12(20)9-13/h3-11H,2H2,1H3,(H,23,27). The number of rotatable bonds is 5. The number of hydrogen-bond acceptors (Lipinski definition) is 6. The Bertz CT molecular complexity index is 1140. The molecule has 0 radical (unpaired) electrons. The second-order valence-corrected chi connectivity index (χ2v) is 6.31. The predicted molar refractivity (Wildman–Crippen MR) is 103 cm³/mol. The largest absolute Gasteiger partial charge is 0.334 e. The number of hydrogen-bond donors (Lipinski definition) is 1. The third-order valence-corrected chi connectivity index (χ3v) is 4.18. The van der Waals surface area contributed by atoms with Gasteiger partial charge in [0.1, 0.15) is 12.0 Å². The summed E-state index contributed by atoms with van der Waals surface area (Å²) in [5, 5.41) is 7.21. The number of benzene rings is 1. The molecule has 9 heteroatoms. The van der Waals surface area contributed by atoms with E-state index in [4.69, 9.17) is 16.1 Å². The van der Waals surface area contributed by atoms with Gasteiger partial charge in [-0.25, -0.2) is 9.97 Å². The lowest BCUT2D eigenvalue weighted by Crippen LogP contribution is -2.12. The van der Waals surface area contributed by atoms with E-state index in [9.17, 15) is 4.79 Å². The number of pyridine rings is 1. The number of anilines is 1. The monoisotopic (exact) mass is 394 g/mol. The van der Waals surface area contributed by atoms with Gasteiger partial charge < -0.3 is 9.84 Å². The van der Waals surface area contributed by atoms with E-state index in [1.807, 2.05) is 13.0 Å². The number of aromatic nitrogens is 5. The van der Waals surface area contributed by atoms with Gasteiger partial charge in [-0.15, -0.1) is 0 Å². The molecular formula is C19H15ClN6O2. The molecule has 3 heterocycles. The Balaban J connectivity index is 1.62. The van der Waals surface area contributed by atoms with Gasteiger partial charge in [-0.1, -0.05) is 29.7 Å². The van der Waals surface area contributed by atoms with E-state index in [-0.39, 0.29) is 11.6 Å². The molecule has 0 saturated carbocycles. The zero-order valence-electron chi connectivity index (χ0n) is 14.8. The van der Waals surface area contributed by atoms with Gasteiger partial charge in [0.2, 0.25) is 0 Å². The van der Waals surface area contributed by atoms with Crippen LogP contribution >= 0.6 is 11.6 Å². The highest BCUT2D eigenvalue weighted by molar-refractivity contribution is 6.30. The molecule has 1 amide bonds. The first-order valence-electron chi connectivity index (χ1n) is 8.53. The fourth-order valence-electron chi connectivity index (χ4n) is 2.59. The molecular weight excluding hydrogens is 380 g/mol. The van der Waals surface area contributed by atoms with E-state index in [0.29, 0.717) is 40.2 Å². The van der Waals surface area contributed by atoms with Crippen molar-refractivity contribution in [1.29, 1.82) is 0 Å². The SMILES string of the molecule is CCc1noc(-c2cccnc2-n2cnc(C(=O)Nc3cccc(Cl)c3)c2)n1. The molecule has 1 N–H and O–H groups in total. The molecule has 0 spiro atoms. The van der Waals surface area contributed by atoms with Gasteiger partial charge >= 0.3 is 0 Å². The molecule has 4 rings (SSSR count). The van der Waals surface area contributed by atoms with Crippen LogP contribution in [0.2, 0.25) is 5.02 Å². The summed E-state index contributed by atoms with van der Waals surface area (Å²) in [4.78, 5) is 25.4. The Kier molecular flexibility index (Phi) is 4.86. The number of imidazole rings is 1. The average Bonchev–Trinajstić information content (AvgIpc) is 3.38. The molecule has 28 heavy (non-hydrogen) atoms. The zero-order chi connectivity index (χ0) is 19.5. The van der Waals surface area contributed by atoms with Gasteiger partial charge in [-0.3, -0.25) is 9.36 Å². The van der Waals surface area contributed by atoms with Crippen LogP contribution in [0.1, 0.15) is 23.2 Å². The third kappa shape index (κ3) is 3.63. The molecule has 0 unspecified atom stereocenters. The van der Waals surface area contributed by atoms with Gasteiger partial charge in [0.25, 0.3) is 11.8 Å². The lowest BCUT2D eigenvalue weighted by molar-refractivity contribution is 0.102. The van der Waals surface area contributed by atoms with E-state index in [2.05, 4.69) is 25.4 Å².